The summed E-state index contributed by atoms with van der Waals surface area (Å²) < 4.78 is 0. The average Bonchev–Trinajstić information content (AvgIpc) is 2.10. The Morgan fingerprint density at radius 3 is 2.50 bits per heavy atom. The van der Waals surface area contributed by atoms with Crippen LogP contribution in [0.15, 0.2) is 17.9 Å². The van der Waals surface area contributed by atoms with E-state index in [1.54, 1.807) is 0 Å². The van der Waals surface area contributed by atoms with E-state index in [1.807, 2.05) is 6.08 Å². The van der Waals surface area contributed by atoms with Crippen molar-refractivity contribution in [2.75, 3.05) is 6.54 Å². The van der Waals surface area contributed by atoms with Crippen molar-refractivity contribution in [3.63, 3.8) is 0 Å². The Balaban J connectivity index is 3.05. The molecule has 0 aromatic carbocycles. The van der Waals surface area contributed by atoms with E-state index in [-0.39, 0.29) is 0 Å². The second-order valence-electron chi connectivity index (χ2n) is 3.01. The van der Waals surface area contributed by atoms with Crippen LogP contribution in [0, 0.1) is 0 Å². The highest BCUT2D eigenvalue weighted by atomic mass is 14.5. The van der Waals surface area contributed by atoms with Gasteiger partial charge in [-0.05, 0) is 25.0 Å². The smallest absolute Gasteiger partial charge is 0.0182 e. The Morgan fingerprint density at radius 1 is 1.08 bits per heavy atom. The van der Waals surface area contributed by atoms with Crippen molar-refractivity contribution in [1.29, 1.82) is 0 Å². The van der Waals surface area contributed by atoms with Gasteiger partial charge < -0.3 is 5.73 Å². The fraction of sp³-hybridized carbons (Fsp3) is 0.727. The molecule has 70 valence electrons. The molecule has 1 nitrogen and oxygen atoms in total. The minimum Gasteiger partial charge on any atom is -0.326 e. The number of rotatable bonds is 7. The lowest BCUT2D eigenvalue weighted by molar-refractivity contribution is 0.637. The summed E-state index contributed by atoms with van der Waals surface area (Å²) in [7, 11) is 0. The van der Waals surface area contributed by atoms with E-state index in [1.165, 1.54) is 32.1 Å². The van der Waals surface area contributed by atoms with E-state index >= 15 is 0 Å². The van der Waals surface area contributed by atoms with Crippen molar-refractivity contribution in [1.82, 2.24) is 0 Å². The van der Waals surface area contributed by atoms with Crippen molar-refractivity contribution in [2.24, 2.45) is 5.73 Å². The molecule has 0 unspecified atom stereocenters. The van der Waals surface area contributed by atoms with E-state index in [4.69, 9.17) is 5.73 Å². The van der Waals surface area contributed by atoms with Crippen molar-refractivity contribution >= 4 is 0 Å². The van der Waals surface area contributed by atoms with Crippen molar-refractivity contribution in [2.45, 2.75) is 45.4 Å². The third kappa shape index (κ3) is 9.48. The predicted octanol–water partition coefficient (Wildman–Crippen LogP) is 3.02. The molecule has 0 atom stereocenters. The maximum atomic E-state index is 5.27. The zero-order valence-corrected chi connectivity index (χ0v) is 8.18. The van der Waals surface area contributed by atoms with Crippen LogP contribution in [0.5, 0.6) is 0 Å². The maximum Gasteiger partial charge on any atom is 0.0182 e. The number of hydrogen-bond acceptors (Lipinski definition) is 1. The molecule has 0 rings (SSSR count). The van der Waals surface area contributed by atoms with E-state index < -0.39 is 0 Å². The Hall–Kier alpha value is -0.520. The summed E-state index contributed by atoms with van der Waals surface area (Å²) in [6.07, 6.45) is 11.8. The van der Waals surface area contributed by atoms with Crippen LogP contribution >= 0.6 is 0 Å². The van der Waals surface area contributed by atoms with Crippen LogP contribution in [-0.4, -0.2) is 6.54 Å². The quantitative estimate of drug-likeness (QED) is 0.458. The van der Waals surface area contributed by atoms with E-state index in [0.717, 1.165) is 6.42 Å². The molecule has 0 aliphatic heterocycles. The molecule has 0 aromatic rings. The molecule has 1 heteroatoms. The molecule has 0 spiro atoms. The van der Waals surface area contributed by atoms with Gasteiger partial charge in [-0.2, -0.15) is 0 Å². The molecule has 0 amide bonds. The van der Waals surface area contributed by atoms with Gasteiger partial charge in [0.05, 0.1) is 0 Å². The third-order valence-electron chi connectivity index (χ3n) is 1.81. The molecule has 2 N–H and O–H groups in total. The van der Waals surface area contributed by atoms with Crippen LogP contribution in [0.4, 0.5) is 0 Å². The standard InChI is InChI=1S/C11H21N/c1-2-3-4-5-6-7-8-9-10-11-12/h8,10H,2-7,11-12H2,1H3. The van der Waals surface area contributed by atoms with Crippen LogP contribution < -0.4 is 5.73 Å². The topological polar surface area (TPSA) is 26.0 Å². The van der Waals surface area contributed by atoms with E-state index in [0.29, 0.717) is 6.54 Å². The van der Waals surface area contributed by atoms with Gasteiger partial charge in [-0.25, -0.2) is 0 Å². The highest BCUT2D eigenvalue weighted by molar-refractivity contribution is 4.85. The average molecular weight is 167 g/mol. The lowest BCUT2D eigenvalue weighted by Gasteiger charge is -1.94. The molecule has 12 heavy (non-hydrogen) atoms. The molecule has 0 aromatic heterocycles. The first-order chi connectivity index (χ1) is 5.91. The highest BCUT2D eigenvalue weighted by Gasteiger charge is 1.85. The molecule has 0 aliphatic carbocycles. The van der Waals surface area contributed by atoms with Crippen molar-refractivity contribution in [3.8, 4) is 0 Å². The highest BCUT2D eigenvalue weighted by Crippen LogP contribution is 2.04. The molecular formula is C11H21N. The van der Waals surface area contributed by atoms with E-state index in [2.05, 4.69) is 18.7 Å². The summed E-state index contributed by atoms with van der Waals surface area (Å²) in [6.45, 7) is 2.84. The number of unbranched alkanes of at least 4 members (excludes halogenated alkanes) is 5. The Labute approximate surface area is 76.3 Å². The summed E-state index contributed by atoms with van der Waals surface area (Å²) in [5, 5.41) is 0. The fourth-order valence-corrected chi connectivity index (χ4v) is 1.08. The van der Waals surface area contributed by atoms with Crippen LogP contribution in [0.1, 0.15) is 45.4 Å². The minimum absolute atomic E-state index is 0.604. The second-order valence-corrected chi connectivity index (χ2v) is 3.01. The first-order valence-corrected chi connectivity index (χ1v) is 5.01. The first-order valence-electron chi connectivity index (χ1n) is 5.01. The monoisotopic (exact) mass is 167 g/mol. The van der Waals surface area contributed by atoms with E-state index in [9.17, 15) is 0 Å². The summed E-state index contributed by atoms with van der Waals surface area (Å²) in [6, 6.07) is 0. The van der Waals surface area contributed by atoms with Gasteiger partial charge in [-0.15, -0.1) is 5.73 Å². The Kier molecular flexibility index (Phi) is 10.0. The van der Waals surface area contributed by atoms with Crippen molar-refractivity contribution in [3.05, 3.63) is 17.9 Å². The Morgan fingerprint density at radius 2 is 1.83 bits per heavy atom. The normalized spacial score (nSPS) is 9.17. The zero-order chi connectivity index (χ0) is 9.07. The molecule has 0 bridgehead atoms. The van der Waals surface area contributed by atoms with Gasteiger partial charge in [-0.3, -0.25) is 0 Å². The van der Waals surface area contributed by atoms with Crippen molar-refractivity contribution < 1.29 is 0 Å². The van der Waals surface area contributed by atoms with Gasteiger partial charge in [0.1, 0.15) is 0 Å². The maximum absolute atomic E-state index is 5.27. The predicted molar refractivity (Wildman–Crippen MR) is 55.1 cm³/mol. The largest absolute Gasteiger partial charge is 0.326 e. The van der Waals surface area contributed by atoms with Crippen LogP contribution in [-0.2, 0) is 0 Å². The molecule has 0 radical (unpaired) electrons. The lowest BCUT2D eigenvalue weighted by Crippen LogP contribution is -1.90. The number of hydrogen-bond donors (Lipinski definition) is 1. The SMILES string of the molecule is CCCCCCCC=C=CCN. The minimum atomic E-state index is 0.604. The first kappa shape index (κ1) is 11.5. The van der Waals surface area contributed by atoms with Crippen LogP contribution in [0.25, 0.3) is 0 Å². The third-order valence-corrected chi connectivity index (χ3v) is 1.81. The summed E-state index contributed by atoms with van der Waals surface area (Å²) in [5.74, 6) is 0. The summed E-state index contributed by atoms with van der Waals surface area (Å²) in [5.41, 5.74) is 8.32. The lowest BCUT2D eigenvalue weighted by atomic mass is 10.1. The summed E-state index contributed by atoms with van der Waals surface area (Å²) >= 11 is 0. The summed E-state index contributed by atoms with van der Waals surface area (Å²) in [4.78, 5) is 0. The van der Waals surface area contributed by atoms with Crippen LogP contribution in [0.2, 0.25) is 0 Å². The molecule has 0 saturated heterocycles. The molecule has 0 saturated carbocycles. The van der Waals surface area contributed by atoms with Gasteiger partial charge in [0, 0.05) is 6.54 Å². The Bertz CT molecular complexity index is 132. The van der Waals surface area contributed by atoms with Crippen LogP contribution in [0.3, 0.4) is 0 Å². The van der Waals surface area contributed by atoms with Gasteiger partial charge in [0.15, 0.2) is 0 Å². The van der Waals surface area contributed by atoms with Gasteiger partial charge in [0.25, 0.3) is 0 Å². The fourth-order valence-electron chi connectivity index (χ4n) is 1.08. The molecule has 0 fully saturated rings. The van der Waals surface area contributed by atoms with Gasteiger partial charge >= 0.3 is 0 Å². The second kappa shape index (κ2) is 10.5. The van der Waals surface area contributed by atoms with Gasteiger partial charge in [-0.1, -0.05) is 32.6 Å². The molecular weight excluding hydrogens is 146 g/mol. The molecule has 0 aliphatic rings. The molecule has 0 heterocycles. The number of nitrogens with two attached hydrogens (primary N) is 1. The van der Waals surface area contributed by atoms with Gasteiger partial charge in [0.2, 0.25) is 0 Å². The zero-order valence-electron chi connectivity index (χ0n) is 8.18.